The van der Waals surface area contributed by atoms with Crippen LogP contribution in [0.5, 0.6) is 0 Å². The van der Waals surface area contributed by atoms with Crippen molar-refractivity contribution >= 4 is 18.3 Å². The van der Waals surface area contributed by atoms with E-state index in [2.05, 4.69) is 17.6 Å². The smallest absolute Gasteiger partial charge is 0.237 e. The fourth-order valence-corrected chi connectivity index (χ4v) is 3.01. The molecule has 0 aromatic rings. The third-order valence-corrected chi connectivity index (χ3v) is 4.23. The highest BCUT2D eigenvalue weighted by Crippen LogP contribution is 2.22. The molecule has 0 bridgehead atoms. The van der Waals surface area contributed by atoms with Gasteiger partial charge in [-0.15, -0.1) is 12.4 Å². The van der Waals surface area contributed by atoms with Gasteiger partial charge in [-0.2, -0.15) is 0 Å². The lowest BCUT2D eigenvalue weighted by Crippen LogP contribution is -2.49. The molecule has 0 radical (unpaired) electrons. The predicted molar refractivity (Wildman–Crippen MR) is 77.1 cm³/mol. The zero-order valence-electron chi connectivity index (χ0n) is 11.4. The maximum absolute atomic E-state index is 12.1. The Morgan fingerprint density at radius 2 is 1.89 bits per heavy atom. The van der Waals surface area contributed by atoms with Crippen LogP contribution in [0.3, 0.4) is 0 Å². The summed E-state index contributed by atoms with van der Waals surface area (Å²) in [4.78, 5) is 12.1. The Kier molecular flexibility index (Phi) is 7.02. The number of halogens is 1. The average molecular weight is 275 g/mol. The number of carbonyl (C=O) groups excluding carboxylic acids is 1. The van der Waals surface area contributed by atoms with Crippen molar-refractivity contribution in [3.63, 3.8) is 0 Å². The molecule has 1 heterocycles. The summed E-state index contributed by atoms with van der Waals surface area (Å²) >= 11 is 0. The summed E-state index contributed by atoms with van der Waals surface area (Å²) < 4.78 is 0. The van der Waals surface area contributed by atoms with Gasteiger partial charge in [-0.1, -0.05) is 26.2 Å². The van der Waals surface area contributed by atoms with Crippen LogP contribution in [0.4, 0.5) is 0 Å². The minimum Gasteiger partial charge on any atom is -0.352 e. The van der Waals surface area contributed by atoms with Crippen LogP contribution in [0.2, 0.25) is 0 Å². The first-order valence-electron chi connectivity index (χ1n) is 7.29. The second-order valence-corrected chi connectivity index (χ2v) is 5.82. The highest BCUT2D eigenvalue weighted by atomic mass is 35.5. The Bertz CT molecular complexity index is 254. The van der Waals surface area contributed by atoms with Crippen LogP contribution in [0.1, 0.15) is 58.3 Å². The molecule has 2 rings (SSSR count). The van der Waals surface area contributed by atoms with Gasteiger partial charge in [0, 0.05) is 6.04 Å². The van der Waals surface area contributed by atoms with Gasteiger partial charge in [0.15, 0.2) is 0 Å². The number of carbonyl (C=O) groups is 1. The van der Waals surface area contributed by atoms with Crippen molar-refractivity contribution in [2.75, 3.05) is 6.54 Å². The zero-order valence-corrected chi connectivity index (χ0v) is 12.2. The normalized spacial score (nSPS) is 33.1. The Morgan fingerprint density at radius 3 is 2.61 bits per heavy atom. The highest BCUT2D eigenvalue weighted by molar-refractivity contribution is 5.85. The second kappa shape index (κ2) is 8.00. The molecule has 2 fully saturated rings. The highest BCUT2D eigenvalue weighted by Gasteiger charge is 2.24. The maximum atomic E-state index is 12.1. The number of nitrogens with one attached hydrogen (secondary N) is 2. The van der Waals surface area contributed by atoms with E-state index in [0.29, 0.717) is 6.04 Å². The minimum atomic E-state index is 0. The molecule has 1 saturated carbocycles. The molecule has 3 atom stereocenters. The van der Waals surface area contributed by atoms with E-state index in [1.165, 1.54) is 44.9 Å². The monoisotopic (exact) mass is 274 g/mol. The first kappa shape index (κ1) is 15.8. The number of hydrogen-bond acceptors (Lipinski definition) is 2. The third-order valence-electron chi connectivity index (χ3n) is 4.23. The fraction of sp³-hybridized carbons (Fsp3) is 0.929. The second-order valence-electron chi connectivity index (χ2n) is 5.82. The van der Waals surface area contributed by atoms with Crippen LogP contribution in [-0.2, 0) is 4.79 Å². The number of hydrogen-bond donors (Lipinski definition) is 2. The van der Waals surface area contributed by atoms with E-state index in [1.54, 1.807) is 0 Å². The van der Waals surface area contributed by atoms with Crippen molar-refractivity contribution in [3.8, 4) is 0 Å². The standard InChI is InChI=1S/C14H26N2O.ClH/c1-11-5-4-6-12(9-8-11)16-14(17)13-7-2-3-10-15-13;/h11-13,15H,2-10H2,1H3,(H,16,17);1H. The molecule has 2 aliphatic rings. The van der Waals surface area contributed by atoms with Gasteiger partial charge in [0.25, 0.3) is 0 Å². The van der Waals surface area contributed by atoms with Crippen molar-refractivity contribution in [1.29, 1.82) is 0 Å². The molecule has 1 aliphatic heterocycles. The van der Waals surface area contributed by atoms with Crippen LogP contribution in [0, 0.1) is 5.92 Å². The van der Waals surface area contributed by atoms with E-state index < -0.39 is 0 Å². The number of piperidine rings is 1. The molecule has 2 N–H and O–H groups in total. The minimum absolute atomic E-state index is 0. The summed E-state index contributed by atoms with van der Waals surface area (Å²) in [6.45, 7) is 3.33. The lowest BCUT2D eigenvalue weighted by Gasteiger charge is -2.25. The zero-order chi connectivity index (χ0) is 12.1. The van der Waals surface area contributed by atoms with Gasteiger partial charge in [-0.3, -0.25) is 4.79 Å². The largest absolute Gasteiger partial charge is 0.352 e. The van der Waals surface area contributed by atoms with Gasteiger partial charge in [0.1, 0.15) is 0 Å². The average Bonchev–Trinajstić information content (AvgIpc) is 2.56. The molecule has 106 valence electrons. The molecular weight excluding hydrogens is 248 g/mol. The van der Waals surface area contributed by atoms with Crippen molar-refractivity contribution in [3.05, 3.63) is 0 Å². The molecule has 1 amide bonds. The van der Waals surface area contributed by atoms with E-state index in [9.17, 15) is 4.79 Å². The van der Waals surface area contributed by atoms with E-state index in [-0.39, 0.29) is 24.4 Å². The molecule has 1 saturated heterocycles. The molecule has 4 heteroatoms. The molecule has 18 heavy (non-hydrogen) atoms. The summed E-state index contributed by atoms with van der Waals surface area (Å²) in [5.74, 6) is 1.08. The van der Waals surface area contributed by atoms with Crippen molar-refractivity contribution in [1.82, 2.24) is 10.6 Å². The molecule has 0 spiro atoms. The lowest BCUT2D eigenvalue weighted by atomic mass is 10.0. The van der Waals surface area contributed by atoms with E-state index in [1.807, 2.05) is 0 Å². The summed E-state index contributed by atoms with van der Waals surface area (Å²) in [6.07, 6.45) is 9.61. The first-order valence-corrected chi connectivity index (χ1v) is 7.29. The van der Waals surface area contributed by atoms with Crippen molar-refractivity contribution in [2.45, 2.75) is 70.4 Å². The topological polar surface area (TPSA) is 41.1 Å². The predicted octanol–water partition coefficient (Wildman–Crippen LogP) is 2.64. The van der Waals surface area contributed by atoms with Gasteiger partial charge in [-0.25, -0.2) is 0 Å². The first-order chi connectivity index (χ1) is 8.25. The Balaban J connectivity index is 0.00000162. The maximum Gasteiger partial charge on any atom is 0.237 e. The van der Waals surface area contributed by atoms with E-state index in [4.69, 9.17) is 0 Å². The molecule has 3 nitrogen and oxygen atoms in total. The Morgan fingerprint density at radius 1 is 1.06 bits per heavy atom. The molecule has 0 aromatic carbocycles. The summed E-state index contributed by atoms with van der Waals surface area (Å²) in [7, 11) is 0. The van der Waals surface area contributed by atoms with Crippen LogP contribution < -0.4 is 10.6 Å². The molecular formula is C14H27ClN2O. The molecule has 3 unspecified atom stereocenters. The van der Waals surface area contributed by atoms with Gasteiger partial charge >= 0.3 is 0 Å². The Labute approximate surface area is 117 Å². The van der Waals surface area contributed by atoms with Gasteiger partial charge in [0.05, 0.1) is 6.04 Å². The summed E-state index contributed by atoms with van der Waals surface area (Å²) in [5, 5.41) is 6.57. The molecule has 0 aromatic heterocycles. The van der Waals surface area contributed by atoms with Crippen LogP contribution in [0.15, 0.2) is 0 Å². The molecule has 1 aliphatic carbocycles. The van der Waals surface area contributed by atoms with Crippen LogP contribution >= 0.6 is 12.4 Å². The fourth-order valence-electron chi connectivity index (χ4n) is 3.01. The van der Waals surface area contributed by atoms with Crippen molar-refractivity contribution in [2.24, 2.45) is 5.92 Å². The van der Waals surface area contributed by atoms with Crippen molar-refractivity contribution < 1.29 is 4.79 Å². The Hall–Kier alpha value is -0.280. The third kappa shape index (κ3) is 4.77. The summed E-state index contributed by atoms with van der Waals surface area (Å²) in [6, 6.07) is 0.501. The number of rotatable bonds is 2. The van der Waals surface area contributed by atoms with Gasteiger partial charge in [-0.05, 0) is 44.6 Å². The lowest BCUT2D eigenvalue weighted by molar-refractivity contribution is -0.124. The summed E-state index contributed by atoms with van der Waals surface area (Å²) in [5.41, 5.74) is 0. The van der Waals surface area contributed by atoms with E-state index in [0.717, 1.165) is 18.9 Å². The number of amides is 1. The quantitative estimate of drug-likeness (QED) is 0.760. The van der Waals surface area contributed by atoms with Crippen LogP contribution in [0.25, 0.3) is 0 Å². The van der Waals surface area contributed by atoms with Gasteiger partial charge in [0.2, 0.25) is 5.91 Å². The van der Waals surface area contributed by atoms with Gasteiger partial charge < -0.3 is 10.6 Å². The van der Waals surface area contributed by atoms with Crippen LogP contribution in [-0.4, -0.2) is 24.5 Å². The van der Waals surface area contributed by atoms with E-state index >= 15 is 0 Å². The SMILES string of the molecule is CC1CCCC(NC(=O)C2CCCCN2)CC1.Cl.